The summed E-state index contributed by atoms with van der Waals surface area (Å²) in [5.74, 6) is -3.60. The standard InChI is InChI=1S/C13H13FN2O3/c14-10-7-15-6-5-11(10)16-12(17)8-3-1-2-4-9(8)13(18)19/h1-2,5-9H,3-4H2,(H,18,19)(H,15,16,17)/t8-,9+/m1/s1. The first-order chi connectivity index (χ1) is 9.09. The van der Waals surface area contributed by atoms with E-state index in [-0.39, 0.29) is 5.69 Å². The summed E-state index contributed by atoms with van der Waals surface area (Å²) in [6.07, 6.45) is 6.52. The van der Waals surface area contributed by atoms with Crippen molar-refractivity contribution in [1.82, 2.24) is 4.98 Å². The molecule has 0 saturated carbocycles. The number of carboxylic acid groups (broad SMARTS) is 1. The van der Waals surface area contributed by atoms with Gasteiger partial charge >= 0.3 is 5.97 Å². The highest BCUT2D eigenvalue weighted by molar-refractivity contribution is 5.95. The Bertz CT molecular complexity index is 530. The van der Waals surface area contributed by atoms with E-state index in [1.54, 1.807) is 12.2 Å². The quantitative estimate of drug-likeness (QED) is 0.816. The maximum Gasteiger partial charge on any atom is 0.307 e. The van der Waals surface area contributed by atoms with Gasteiger partial charge in [-0.05, 0) is 18.9 Å². The molecule has 0 saturated heterocycles. The third-order valence-electron chi connectivity index (χ3n) is 3.12. The SMILES string of the molecule is O=C(O)[C@H]1CC=CC[C@H]1C(=O)Nc1ccncc1F. The highest BCUT2D eigenvalue weighted by Gasteiger charge is 2.34. The molecule has 1 aromatic rings. The Morgan fingerprint density at radius 2 is 2.00 bits per heavy atom. The fourth-order valence-electron chi connectivity index (χ4n) is 2.08. The summed E-state index contributed by atoms with van der Waals surface area (Å²) < 4.78 is 13.4. The van der Waals surface area contributed by atoms with Crippen LogP contribution in [0.5, 0.6) is 0 Å². The molecule has 0 unspecified atom stereocenters. The zero-order chi connectivity index (χ0) is 13.8. The minimum atomic E-state index is -1.01. The van der Waals surface area contributed by atoms with Crippen LogP contribution < -0.4 is 5.32 Å². The van der Waals surface area contributed by atoms with Crippen molar-refractivity contribution in [3.05, 3.63) is 36.4 Å². The van der Waals surface area contributed by atoms with Crippen molar-refractivity contribution in [2.45, 2.75) is 12.8 Å². The Hall–Kier alpha value is -2.24. The van der Waals surface area contributed by atoms with E-state index in [2.05, 4.69) is 10.3 Å². The van der Waals surface area contributed by atoms with Crippen LogP contribution in [0.2, 0.25) is 0 Å². The molecular weight excluding hydrogens is 251 g/mol. The van der Waals surface area contributed by atoms with Gasteiger partial charge in [-0.25, -0.2) is 4.39 Å². The minimum Gasteiger partial charge on any atom is -0.481 e. The second-order valence-electron chi connectivity index (χ2n) is 4.34. The molecule has 1 heterocycles. The first kappa shape index (κ1) is 13.2. The van der Waals surface area contributed by atoms with E-state index in [4.69, 9.17) is 5.11 Å². The Balaban J connectivity index is 2.13. The van der Waals surface area contributed by atoms with Gasteiger partial charge in [-0.15, -0.1) is 0 Å². The molecule has 0 spiro atoms. The topological polar surface area (TPSA) is 79.3 Å². The lowest BCUT2D eigenvalue weighted by Gasteiger charge is -2.24. The molecule has 1 amide bonds. The monoisotopic (exact) mass is 264 g/mol. The van der Waals surface area contributed by atoms with Crippen LogP contribution in [0.3, 0.4) is 0 Å². The summed E-state index contributed by atoms with van der Waals surface area (Å²) in [4.78, 5) is 26.7. The predicted octanol–water partition coefficient (Wildman–Crippen LogP) is 1.83. The van der Waals surface area contributed by atoms with Gasteiger partial charge in [0.05, 0.1) is 23.7 Å². The number of amides is 1. The lowest BCUT2D eigenvalue weighted by molar-refractivity contribution is -0.146. The summed E-state index contributed by atoms with van der Waals surface area (Å²) in [7, 11) is 0. The molecule has 0 fully saturated rings. The minimum absolute atomic E-state index is 0.0127. The van der Waals surface area contributed by atoms with Gasteiger partial charge in [-0.3, -0.25) is 14.6 Å². The van der Waals surface area contributed by atoms with Gasteiger partial charge in [0.25, 0.3) is 0 Å². The molecule has 19 heavy (non-hydrogen) atoms. The summed E-state index contributed by atoms with van der Waals surface area (Å²) in [6.45, 7) is 0. The molecule has 0 bridgehead atoms. The second-order valence-corrected chi connectivity index (χ2v) is 4.34. The van der Waals surface area contributed by atoms with E-state index in [1.807, 2.05) is 0 Å². The van der Waals surface area contributed by atoms with Crippen molar-refractivity contribution >= 4 is 17.6 Å². The molecule has 2 N–H and O–H groups in total. The molecule has 2 atom stereocenters. The van der Waals surface area contributed by atoms with Gasteiger partial charge < -0.3 is 10.4 Å². The van der Waals surface area contributed by atoms with Crippen LogP contribution >= 0.6 is 0 Å². The summed E-state index contributed by atoms with van der Waals surface area (Å²) in [5.41, 5.74) is 0.0127. The fraction of sp³-hybridized carbons (Fsp3) is 0.308. The van der Waals surface area contributed by atoms with Crippen molar-refractivity contribution < 1.29 is 19.1 Å². The summed E-state index contributed by atoms with van der Waals surface area (Å²) in [5, 5.41) is 11.5. The van der Waals surface area contributed by atoms with Crippen molar-refractivity contribution in [3.8, 4) is 0 Å². The van der Waals surface area contributed by atoms with Crippen LogP contribution in [0, 0.1) is 17.7 Å². The average Bonchev–Trinajstić information content (AvgIpc) is 2.41. The van der Waals surface area contributed by atoms with E-state index >= 15 is 0 Å². The van der Waals surface area contributed by atoms with Crippen molar-refractivity contribution in [1.29, 1.82) is 0 Å². The number of halogens is 1. The molecule has 6 heteroatoms. The van der Waals surface area contributed by atoms with Crippen molar-refractivity contribution in [3.63, 3.8) is 0 Å². The Morgan fingerprint density at radius 1 is 1.32 bits per heavy atom. The van der Waals surface area contributed by atoms with Crippen LogP contribution in [0.15, 0.2) is 30.6 Å². The number of hydrogen-bond donors (Lipinski definition) is 2. The maximum atomic E-state index is 13.4. The first-order valence-electron chi connectivity index (χ1n) is 5.87. The van der Waals surface area contributed by atoms with E-state index in [0.29, 0.717) is 12.8 Å². The number of carboxylic acids is 1. The highest BCUT2D eigenvalue weighted by atomic mass is 19.1. The maximum absolute atomic E-state index is 13.4. The molecule has 0 radical (unpaired) electrons. The normalized spacial score (nSPS) is 21.9. The number of aromatic nitrogens is 1. The summed E-state index contributed by atoms with van der Waals surface area (Å²) >= 11 is 0. The number of allylic oxidation sites excluding steroid dienone is 2. The molecule has 5 nitrogen and oxygen atoms in total. The number of carbonyl (C=O) groups is 2. The van der Waals surface area contributed by atoms with Gasteiger partial charge in [0.2, 0.25) is 5.91 Å². The highest BCUT2D eigenvalue weighted by Crippen LogP contribution is 2.27. The molecule has 1 aliphatic carbocycles. The van der Waals surface area contributed by atoms with Crippen molar-refractivity contribution in [2.24, 2.45) is 11.8 Å². The lowest BCUT2D eigenvalue weighted by atomic mass is 9.82. The molecule has 2 rings (SSSR count). The van der Waals surface area contributed by atoms with Gasteiger partial charge in [-0.1, -0.05) is 12.2 Å². The number of hydrogen-bond acceptors (Lipinski definition) is 3. The van der Waals surface area contributed by atoms with Crippen molar-refractivity contribution in [2.75, 3.05) is 5.32 Å². The van der Waals surface area contributed by atoms with E-state index in [0.717, 1.165) is 6.20 Å². The fourth-order valence-corrected chi connectivity index (χ4v) is 2.08. The summed E-state index contributed by atoms with van der Waals surface area (Å²) in [6, 6.07) is 1.33. The third kappa shape index (κ3) is 2.96. The zero-order valence-corrected chi connectivity index (χ0v) is 10.0. The number of carbonyl (C=O) groups excluding carboxylic acids is 1. The molecule has 1 aliphatic rings. The van der Waals surface area contributed by atoms with Gasteiger partial charge in [0, 0.05) is 6.20 Å². The smallest absolute Gasteiger partial charge is 0.307 e. The van der Waals surface area contributed by atoms with Gasteiger partial charge in [0.1, 0.15) is 0 Å². The number of rotatable bonds is 3. The van der Waals surface area contributed by atoms with Gasteiger partial charge in [0.15, 0.2) is 5.82 Å². The number of nitrogens with zero attached hydrogens (tertiary/aromatic N) is 1. The molecule has 0 aromatic carbocycles. The Kier molecular flexibility index (Phi) is 3.89. The van der Waals surface area contributed by atoms with E-state index < -0.39 is 29.5 Å². The Labute approximate surface area is 109 Å². The second kappa shape index (κ2) is 5.60. The van der Waals surface area contributed by atoms with Crippen LogP contribution in [0.1, 0.15) is 12.8 Å². The molecule has 1 aromatic heterocycles. The molecular formula is C13H13FN2O3. The van der Waals surface area contributed by atoms with Gasteiger partial charge in [-0.2, -0.15) is 0 Å². The number of nitrogens with one attached hydrogen (secondary N) is 1. The molecule has 0 aliphatic heterocycles. The average molecular weight is 264 g/mol. The van der Waals surface area contributed by atoms with Crippen LogP contribution in [0.4, 0.5) is 10.1 Å². The van der Waals surface area contributed by atoms with Crippen LogP contribution in [0.25, 0.3) is 0 Å². The predicted molar refractivity (Wildman–Crippen MR) is 65.8 cm³/mol. The number of pyridine rings is 1. The van der Waals surface area contributed by atoms with Crippen LogP contribution in [-0.2, 0) is 9.59 Å². The largest absolute Gasteiger partial charge is 0.481 e. The number of anilines is 1. The molecule has 100 valence electrons. The number of aliphatic carboxylic acids is 1. The first-order valence-corrected chi connectivity index (χ1v) is 5.87. The Morgan fingerprint density at radius 3 is 2.63 bits per heavy atom. The van der Waals surface area contributed by atoms with E-state index in [1.165, 1.54) is 12.3 Å². The third-order valence-corrected chi connectivity index (χ3v) is 3.12. The van der Waals surface area contributed by atoms with E-state index in [9.17, 15) is 14.0 Å². The van der Waals surface area contributed by atoms with Crippen LogP contribution in [-0.4, -0.2) is 22.0 Å². The zero-order valence-electron chi connectivity index (χ0n) is 10.0. The lowest BCUT2D eigenvalue weighted by Crippen LogP contribution is -2.34.